The fourth-order valence-electron chi connectivity index (χ4n) is 3.14. The van der Waals surface area contributed by atoms with E-state index >= 15 is 0 Å². The first-order valence-electron chi connectivity index (χ1n) is 8.90. The van der Waals surface area contributed by atoms with Crippen molar-refractivity contribution in [3.05, 3.63) is 42.5 Å². The molecule has 10 heteroatoms. The van der Waals surface area contributed by atoms with Gasteiger partial charge in [-0.3, -0.25) is 9.59 Å². The summed E-state index contributed by atoms with van der Waals surface area (Å²) in [5.74, 6) is -1.23. The maximum atomic E-state index is 12.6. The van der Waals surface area contributed by atoms with E-state index < -0.39 is 23.9 Å². The van der Waals surface area contributed by atoms with Gasteiger partial charge in [-0.25, -0.2) is 0 Å². The number of nitrogens with zero attached hydrogens (tertiary/aromatic N) is 1. The third-order valence-corrected chi connectivity index (χ3v) is 4.55. The number of alkyl halides is 3. The third kappa shape index (κ3) is 4.76. The molecular formula is C20H19F3N2O5. The molecule has 0 spiro atoms. The van der Waals surface area contributed by atoms with Crippen molar-refractivity contribution in [2.24, 2.45) is 5.92 Å². The number of hydrogen-bond acceptors (Lipinski definition) is 5. The van der Waals surface area contributed by atoms with Crippen molar-refractivity contribution < 1.29 is 37.0 Å². The molecule has 160 valence electrons. The summed E-state index contributed by atoms with van der Waals surface area (Å²) in [5, 5.41) is 2.42. The fraction of sp³-hybridized carbons (Fsp3) is 0.300. The highest BCUT2D eigenvalue weighted by atomic mass is 19.4. The summed E-state index contributed by atoms with van der Waals surface area (Å²) < 4.78 is 52.0. The Hall–Kier alpha value is -3.43. The molecule has 0 aromatic heterocycles. The van der Waals surface area contributed by atoms with Crippen LogP contribution in [-0.2, 0) is 9.59 Å². The molecule has 1 fully saturated rings. The molecule has 3 rings (SSSR count). The summed E-state index contributed by atoms with van der Waals surface area (Å²) in [7, 11) is 2.95. The molecule has 1 atom stereocenters. The average molecular weight is 424 g/mol. The zero-order chi connectivity index (χ0) is 21.9. The topological polar surface area (TPSA) is 77.1 Å². The Morgan fingerprint density at radius 1 is 1.07 bits per heavy atom. The van der Waals surface area contributed by atoms with Crippen molar-refractivity contribution in [1.82, 2.24) is 0 Å². The number of amides is 2. The van der Waals surface area contributed by atoms with Crippen molar-refractivity contribution in [2.75, 3.05) is 31.0 Å². The normalized spacial score (nSPS) is 16.4. The summed E-state index contributed by atoms with van der Waals surface area (Å²) in [5.41, 5.74) is 0.394. The first-order valence-corrected chi connectivity index (χ1v) is 8.90. The van der Waals surface area contributed by atoms with Crippen LogP contribution in [0.3, 0.4) is 0 Å². The smallest absolute Gasteiger partial charge is 0.493 e. The number of methoxy groups -OCH3 is 2. The Balaban J connectivity index is 1.74. The van der Waals surface area contributed by atoms with E-state index in [1.165, 1.54) is 37.3 Å². The van der Waals surface area contributed by atoms with Crippen molar-refractivity contribution >= 4 is 23.2 Å². The lowest BCUT2D eigenvalue weighted by atomic mass is 10.1. The van der Waals surface area contributed by atoms with Crippen LogP contribution in [0, 0.1) is 5.92 Å². The number of nitrogens with one attached hydrogen (secondary N) is 1. The largest absolute Gasteiger partial charge is 0.573 e. The van der Waals surface area contributed by atoms with Crippen molar-refractivity contribution in [1.29, 1.82) is 0 Å². The lowest BCUT2D eigenvalue weighted by Gasteiger charge is -2.19. The number of anilines is 2. The van der Waals surface area contributed by atoms with Gasteiger partial charge < -0.3 is 24.4 Å². The van der Waals surface area contributed by atoms with Gasteiger partial charge in [0.2, 0.25) is 11.8 Å². The Bertz CT molecular complexity index is 948. The lowest BCUT2D eigenvalue weighted by Crippen LogP contribution is -2.28. The van der Waals surface area contributed by atoms with Crippen LogP contribution in [0.2, 0.25) is 0 Å². The Labute approximate surface area is 170 Å². The SMILES string of the molecule is COc1ccc(N2CC(C(=O)Nc3ccccc3OC(F)(F)F)CC2=O)cc1OC. The van der Waals surface area contributed by atoms with Gasteiger partial charge in [-0.2, -0.15) is 0 Å². The second kappa shape index (κ2) is 8.52. The van der Waals surface area contributed by atoms with Gasteiger partial charge in [0.25, 0.3) is 0 Å². The molecule has 1 heterocycles. The lowest BCUT2D eigenvalue weighted by molar-refractivity contribution is -0.274. The molecule has 1 aliphatic rings. The highest BCUT2D eigenvalue weighted by molar-refractivity contribution is 6.04. The minimum atomic E-state index is -4.89. The number of rotatable bonds is 6. The van der Waals surface area contributed by atoms with Crippen molar-refractivity contribution in [3.8, 4) is 17.2 Å². The molecule has 2 amide bonds. The first-order chi connectivity index (χ1) is 14.2. The summed E-state index contributed by atoms with van der Waals surface area (Å²) in [6.45, 7) is 0.0719. The van der Waals surface area contributed by atoms with E-state index in [0.29, 0.717) is 17.2 Å². The molecule has 0 bridgehead atoms. The summed E-state index contributed by atoms with van der Waals surface area (Å²) in [4.78, 5) is 26.5. The van der Waals surface area contributed by atoms with Crippen LogP contribution in [0.4, 0.5) is 24.5 Å². The fourth-order valence-corrected chi connectivity index (χ4v) is 3.14. The summed E-state index contributed by atoms with van der Waals surface area (Å²) in [6, 6.07) is 10.1. The van der Waals surface area contributed by atoms with E-state index in [0.717, 1.165) is 6.07 Å². The number of halogens is 3. The second-order valence-electron chi connectivity index (χ2n) is 6.48. The number of carbonyl (C=O) groups excluding carboxylic acids is 2. The van der Waals surface area contributed by atoms with Crippen molar-refractivity contribution in [2.45, 2.75) is 12.8 Å². The predicted molar refractivity (Wildman–Crippen MR) is 102 cm³/mol. The molecular weight excluding hydrogens is 405 g/mol. The van der Waals surface area contributed by atoms with Crippen LogP contribution in [-0.4, -0.2) is 38.9 Å². The number of benzene rings is 2. The van der Waals surface area contributed by atoms with Gasteiger partial charge in [0.05, 0.1) is 25.8 Å². The number of para-hydroxylation sites is 2. The predicted octanol–water partition coefficient (Wildman–Crippen LogP) is 3.59. The van der Waals surface area contributed by atoms with Crippen LogP contribution >= 0.6 is 0 Å². The van der Waals surface area contributed by atoms with Crippen LogP contribution in [0.25, 0.3) is 0 Å². The van der Waals surface area contributed by atoms with Crippen LogP contribution < -0.4 is 24.4 Å². The standard InChI is InChI=1S/C20H19F3N2O5/c1-28-16-8-7-13(10-17(16)29-2)25-11-12(9-18(25)26)19(27)24-14-5-3-4-6-15(14)30-20(21,22)23/h3-8,10,12H,9,11H2,1-2H3,(H,24,27). The van der Waals surface area contributed by atoms with E-state index in [9.17, 15) is 22.8 Å². The maximum Gasteiger partial charge on any atom is 0.573 e. The molecule has 30 heavy (non-hydrogen) atoms. The van der Waals surface area contributed by atoms with Crippen LogP contribution in [0.5, 0.6) is 17.2 Å². The van der Waals surface area contributed by atoms with Crippen molar-refractivity contribution in [3.63, 3.8) is 0 Å². The van der Waals surface area contributed by atoms with Gasteiger partial charge in [0.15, 0.2) is 17.2 Å². The van der Waals surface area contributed by atoms with Crippen LogP contribution in [0.15, 0.2) is 42.5 Å². The van der Waals surface area contributed by atoms with E-state index in [2.05, 4.69) is 10.1 Å². The zero-order valence-electron chi connectivity index (χ0n) is 16.2. The molecule has 1 saturated heterocycles. The van der Waals surface area contributed by atoms with Gasteiger partial charge in [0, 0.05) is 24.7 Å². The number of carbonyl (C=O) groups is 2. The molecule has 2 aromatic carbocycles. The Morgan fingerprint density at radius 2 is 1.77 bits per heavy atom. The van der Waals surface area contributed by atoms with Gasteiger partial charge in [-0.1, -0.05) is 12.1 Å². The maximum absolute atomic E-state index is 12.6. The summed E-state index contributed by atoms with van der Waals surface area (Å²) in [6.07, 6.45) is -4.98. The highest BCUT2D eigenvalue weighted by Gasteiger charge is 2.36. The van der Waals surface area contributed by atoms with Gasteiger partial charge >= 0.3 is 6.36 Å². The molecule has 2 aromatic rings. The molecule has 0 aliphatic carbocycles. The Kier molecular flexibility index (Phi) is 6.04. The minimum absolute atomic E-state index is 0.0719. The average Bonchev–Trinajstić information content (AvgIpc) is 3.09. The minimum Gasteiger partial charge on any atom is -0.493 e. The van der Waals surface area contributed by atoms with Crippen LogP contribution in [0.1, 0.15) is 6.42 Å². The zero-order valence-corrected chi connectivity index (χ0v) is 16.2. The quantitative estimate of drug-likeness (QED) is 0.767. The Morgan fingerprint density at radius 3 is 2.43 bits per heavy atom. The van der Waals surface area contributed by atoms with E-state index in [1.807, 2.05) is 0 Å². The summed E-state index contributed by atoms with van der Waals surface area (Å²) >= 11 is 0. The molecule has 1 unspecified atom stereocenters. The molecule has 1 N–H and O–H groups in total. The first kappa shape index (κ1) is 21.3. The highest BCUT2D eigenvalue weighted by Crippen LogP contribution is 2.35. The monoisotopic (exact) mass is 424 g/mol. The number of ether oxygens (including phenoxy) is 3. The van der Waals surface area contributed by atoms with Gasteiger partial charge in [-0.05, 0) is 24.3 Å². The number of hydrogen-bond donors (Lipinski definition) is 1. The second-order valence-corrected chi connectivity index (χ2v) is 6.48. The van der Waals surface area contributed by atoms with E-state index in [-0.39, 0.29) is 24.6 Å². The molecule has 1 aliphatic heterocycles. The molecule has 7 nitrogen and oxygen atoms in total. The van der Waals surface area contributed by atoms with Gasteiger partial charge in [0.1, 0.15) is 0 Å². The molecule has 0 saturated carbocycles. The van der Waals surface area contributed by atoms with E-state index in [4.69, 9.17) is 9.47 Å². The molecule has 0 radical (unpaired) electrons. The third-order valence-electron chi connectivity index (χ3n) is 4.55. The van der Waals surface area contributed by atoms with E-state index in [1.54, 1.807) is 18.2 Å². The van der Waals surface area contributed by atoms with Gasteiger partial charge in [-0.15, -0.1) is 13.2 Å².